The van der Waals surface area contributed by atoms with E-state index < -0.39 is 17.5 Å². The Balaban J connectivity index is 2.63. The Hall–Kier alpha value is -3.48. The second kappa shape index (κ2) is 12.2. The van der Waals surface area contributed by atoms with Crippen molar-refractivity contribution >= 4 is 30.1 Å². The van der Waals surface area contributed by atoms with Crippen molar-refractivity contribution in [3.8, 4) is 0 Å². The molecule has 1 saturated heterocycles. The summed E-state index contributed by atoms with van der Waals surface area (Å²) in [7, 11) is 0. The molecule has 3 amide bonds. The summed E-state index contributed by atoms with van der Waals surface area (Å²) in [5.74, 6) is -1.12. The molecular formula is C30H42N4O3. The molecule has 0 aliphatic carbocycles. The number of hydrogen-bond acceptors (Lipinski definition) is 4. The first kappa shape index (κ1) is 29.7. The van der Waals surface area contributed by atoms with E-state index >= 15 is 0 Å². The lowest BCUT2D eigenvalue weighted by molar-refractivity contribution is -0.129. The first-order valence-electron chi connectivity index (χ1n) is 12.7. The van der Waals surface area contributed by atoms with Crippen LogP contribution in [0.2, 0.25) is 0 Å². The minimum Gasteiger partial charge on any atom is -0.349 e. The fourth-order valence-electron chi connectivity index (χ4n) is 4.33. The van der Waals surface area contributed by atoms with Gasteiger partial charge in [-0.2, -0.15) is 0 Å². The van der Waals surface area contributed by atoms with Crippen LogP contribution in [0.25, 0.3) is 0 Å². The third-order valence-corrected chi connectivity index (χ3v) is 6.26. The molecule has 2 rings (SSSR count). The zero-order valence-electron chi connectivity index (χ0n) is 23.4. The minimum absolute atomic E-state index is 0.0638. The molecule has 0 saturated carbocycles. The smallest absolute Gasteiger partial charge is 0.247 e. The van der Waals surface area contributed by atoms with Gasteiger partial charge in [0, 0.05) is 30.5 Å². The number of aliphatic imine (C=N–C) groups is 1. The maximum atomic E-state index is 14.1. The summed E-state index contributed by atoms with van der Waals surface area (Å²) in [5.41, 5.74) is 1.85. The van der Waals surface area contributed by atoms with Crippen molar-refractivity contribution in [3.63, 3.8) is 0 Å². The lowest BCUT2D eigenvalue weighted by Gasteiger charge is -2.35. The van der Waals surface area contributed by atoms with Crippen molar-refractivity contribution in [2.45, 2.75) is 71.9 Å². The summed E-state index contributed by atoms with van der Waals surface area (Å²) in [6.07, 6.45) is 6.79. The molecule has 0 spiro atoms. The van der Waals surface area contributed by atoms with Gasteiger partial charge in [0.15, 0.2) is 0 Å². The zero-order valence-corrected chi connectivity index (χ0v) is 23.4. The van der Waals surface area contributed by atoms with Gasteiger partial charge in [-0.3, -0.25) is 24.3 Å². The van der Waals surface area contributed by atoms with E-state index in [0.717, 1.165) is 5.56 Å². The Labute approximate surface area is 222 Å². The van der Waals surface area contributed by atoms with E-state index in [4.69, 9.17) is 0 Å². The van der Waals surface area contributed by atoms with Crippen LogP contribution in [0.1, 0.15) is 60.5 Å². The van der Waals surface area contributed by atoms with E-state index in [0.29, 0.717) is 24.2 Å². The molecule has 7 nitrogen and oxygen atoms in total. The molecule has 1 aliphatic heterocycles. The highest BCUT2D eigenvalue weighted by Crippen LogP contribution is 2.30. The lowest BCUT2D eigenvalue weighted by Crippen LogP contribution is -2.56. The number of anilines is 1. The highest BCUT2D eigenvalue weighted by atomic mass is 16.2. The van der Waals surface area contributed by atoms with Gasteiger partial charge in [0.05, 0.1) is 5.92 Å². The molecule has 1 heterocycles. The summed E-state index contributed by atoms with van der Waals surface area (Å²) in [6, 6.07) is 6.89. The zero-order chi connectivity index (χ0) is 28.0. The second-order valence-corrected chi connectivity index (χ2v) is 11.6. The summed E-state index contributed by atoms with van der Waals surface area (Å²) in [5, 5.41) is 3.05. The standard InChI is InChI=1S/C30H42N4O3/c1-10-25(35)33-19-17-22(20-33)28(37)34(24-15-13-23(14-16-24)29(3,4)5)26(21(2)12-11-18-31-9)27(36)32-30(6,7)8/h10-16,18,22,26H,1,9,17,19-20H2,2-8H3,(H,32,36)/b18-11-,21-12+. The maximum absolute atomic E-state index is 14.1. The highest BCUT2D eigenvalue weighted by Gasteiger charge is 2.40. The van der Waals surface area contributed by atoms with Crippen LogP contribution < -0.4 is 10.2 Å². The molecule has 2 unspecified atom stereocenters. The van der Waals surface area contributed by atoms with Gasteiger partial charge in [-0.25, -0.2) is 0 Å². The van der Waals surface area contributed by atoms with Crippen molar-refractivity contribution in [1.29, 1.82) is 0 Å². The summed E-state index contributed by atoms with van der Waals surface area (Å²) < 4.78 is 0. The van der Waals surface area contributed by atoms with Crippen molar-refractivity contribution in [2.75, 3.05) is 18.0 Å². The molecule has 200 valence electrons. The molecule has 1 fully saturated rings. The SMILES string of the molecule is C=CC(=O)N1CCC(C(=O)N(c2ccc(C(C)(C)C)cc2)C(C(=O)NC(C)(C)C)/C(C)=C/C=C\N=C)C1. The number of nitrogens with zero attached hydrogens (tertiary/aromatic N) is 3. The van der Waals surface area contributed by atoms with E-state index in [-0.39, 0.29) is 29.7 Å². The van der Waals surface area contributed by atoms with Crippen molar-refractivity contribution in [2.24, 2.45) is 10.9 Å². The van der Waals surface area contributed by atoms with Crippen LogP contribution in [0.5, 0.6) is 0 Å². The fraction of sp³-hybridized carbons (Fsp3) is 0.467. The first-order chi connectivity index (χ1) is 17.2. The molecule has 2 atom stereocenters. The Morgan fingerprint density at radius 3 is 2.27 bits per heavy atom. The molecule has 1 N–H and O–H groups in total. The Morgan fingerprint density at radius 2 is 1.76 bits per heavy atom. The average Bonchev–Trinajstić information content (AvgIpc) is 3.30. The van der Waals surface area contributed by atoms with Crippen LogP contribution in [-0.4, -0.2) is 54.0 Å². The number of amides is 3. The predicted octanol–water partition coefficient (Wildman–Crippen LogP) is 4.80. The molecule has 0 radical (unpaired) electrons. The van der Waals surface area contributed by atoms with E-state index in [9.17, 15) is 14.4 Å². The molecule has 37 heavy (non-hydrogen) atoms. The molecular weight excluding hydrogens is 464 g/mol. The summed E-state index contributed by atoms with van der Waals surface area (Å²) in [4.78, 5) is 47.0. The second-order valence-electron chi connectivity index (χ2n) is 11.6. The normalized spacial score (nSPS) is 17.4. The number of allylic oxidation sites excluding steroid dienone is 2. The molecule has 1 aromatic carbocycles. The number of rotatable bonds is 8. The van der Waals surface area contributed by atoms with Crippen LogP contribution in [0, 0.1) is 5.92 Å². The topological polar surface area (TPSA) is 82.1 Å². The van der Waals surface area contributed by atoms with Gasteiger partial charge in [0.1, 0.15) is 6.04 Å². The quantitative estimate of drug-likeness (QED) is 0.313. The average molecular weight is 507 g/mol. The molecule has 0 bridgehead atoms. The van der Waals surface area contributed by atoms with Crippen LogP contribution in [-0.2, 0) is 19.8 Å². The molecule has 0 aromatic heterocycles. The van der Waals surface area contributed by atoms with E-state index in [1.807, 2.05) is 52.0 Å². The van der Waals surface area contributed by atoms with Gasteiger partial charge >= 0.3 is 0 Å². The third kappa shape index (κ3) is 8.00. The maximum Gasteiger partial charge on any atom is 0.247 e. The first-order valence-corrected chi connectivity index (χ1v) is 12.7. The number of carbonyl (C=O) groups is 3. The van der Waals surface area contributed by atoms with Gasteiger partial charge in [-0.05, 0) is 81.7 Å². The highest BCUT2D eigenvalue weighted by molar-refractivity contribution is 6.04. The molecule has 1 aliphatic rings. The third-order valence-electron chi connectivity index (χ3n) is 6.26. The van der Waals surface area contributed by atoms with E-state index in [2.05, 4.69) is 44.4 Å². The van der Waals surface area contributed by atoms with Gasteiger partial charge in [0.2, 0.25) is 17.7 Å². The number of carbonyl (C=O) groups excluding carboxylic acids is 3. The van der Waals surface area contributed by atoms with Gasteiger partial charge in [-0.1, -0.05) is 45.6 Å². The number of hydrogen-bond donors (Lipinski definition) is 1. The van der Waals surface area contributed by atoms with Crippen molar-refractivity contribution in [3.05, 3.63) is 66.4 Å². The number of benzene rings is 1. The van der Waals surface area contributed by atoms with Gasteiger partial charge < -0.3 is 10.2 Å². The van der Waals surface area contributed by atoms with Crippen LogP contribution in [0.15, 0.2) is 65.8 Å². The lowest BCUT2D eigenvalue weighted by atomic mass is 9.87. The Morgan fingerprint density at radius 1 is 1.14 bits per heavy atom. The van der Waals surface area contributed by atoms with E-state index in [1.54, 1.807) is 22.0 Å². The van der Waals surface area contributed by atoms with E-state index in [1.165, 1.54) is 12.3 Å². The monoisotopic (exact) mass is 506 g/mol. The predicted molar refractivity (Wildman–Crippen MR) is 152 cm³/mol. The van der Waals surface area contributed by atoms with Crippen molar-refractivity contribution in [1.82, 2.24) is 10.2 Å². The minimum atomic E-state index is -0.897. The number of likely N-dealkylation sites (tertiary alicyclic amines) is 1. The molecule has 1 aromatic rings. The van der Waals surface area contributed by atoms with Crippen LogP contribution >= 0.6 is 0 Å². The summed E-state index contributed by atoms with van der Waals surface area (Å²) >= 11 is 0. The van der Waals surface area contributed by atoms with Crippen LogP contribution in [0.4, 0.5) is 5.69 Å². The largest absolute Gasteiger partial charge is 0.349 e. The van der Waals surface area contributed by atoms with Crippen molar-refractivity contribution < 1.29 is 14.4 Å². The Kier molecular flexibility index (Phi) is 9.79. The Bertz CT molecular complexity index is 1070. The molecule has 7 heteroatoms. The fourth-order valence-corrected chi connectivity index (χ4v) is 4.33. The van der Waals surface area contributed by atoms with Crippen LogP contribution in [0.3, 0.4) is 0 Å². The van der Waals surface area contributed by atoms with Gasteiger partial charge in [0.25, 0.3) is 0 Å². The summed E-state index contributed by atoms with van der Waals surface area (Å²) in [6.45, 7) is 21.7. The number of nitrogens with one attached hydrogen (secondary N) is 1. The van der Waals surface area contributed by atoms with Gasteiger partial charge in [-0.15, -0.1) is 0 Å².